The molecule has 2 aliphatic rings. The maximum absolute atomic E-state index is 4.33. The fourth-order valence-corrected chi connectivity index (χ4v) is 2.24. The van der Waals surface area contributed by atoms with Crippen LogP contribution in [0.25, 0.3) is 0 Å². The van der Waals surface area contributed by atoms with Crippen LogP contribution in [0.3, 0.4) is 0 Å². The van der Waals surface area contributed by atoms with Crippen LogP contribution in [0.5, 0.6) is 0 Å². The third-order valence-electron chi connectivity index (χ3n) is 3.04. The molecule has 0 saturated carbocycles. The van der Waals surface area contributed by atoms with E-state index in [1.807, 2.05) is 6.21 Å². The van der Waals surface area contributed by atoms with Gasteiger partial charge in [0, 0.05) is 18.5 Å². The zero-order chi connectivity index (χ0) is 11.1. The van der Waals surface area contributed by atoms with Crippen LogP contribution in [0.1, 0.15) is 13.8 Å². The summed E-state index contributed by atoms with van der Waals surface area (Å²) in [7, 11) is 0. The molecule has 0 unspecified atom stereocenters. The van der Waals surface area contributed by atoms with Crippen LogP contribution in [-0.2, 0) is 0 Å². The Morgan fingerprint density at radius 3 is 2.69 bits per heavy atom. The van der Waals surface area contributed by atoms with Crippen molar-refractivity contribution < 1.29 is 0 Å². The molecule has 0 bridgehead atoms. The van der Waals surface area contributed by atoms with Crippen molar-refractivity contribution in [2.24, 2.45) is 4.99 Å². The smallest absolute Gasteiger partial charge is 0.115 e. The summed E-state index contributed by atoms with van der Waals surface area (Å²) in [5.74, 6) is 0. The number of nitrogens with zero attached hydrogens (tertiary/aromatic N) is 3. The van der Waals surface area contributed by atoms with E-state index in [1.54, 1.807) is 0 Å². The van der Waals surface area contributed by atoms with Crippen molar-refractivity contribution in [3.8, 4) is 0 Å². The van der Waals surface area contributed by atoms with Crippen LogP contribution in [0.15, 0.2) is 41.2 Å². The second kappa shape index (κ2) is 3.37. The van der Waals surface area contributed by atoms with Gasteiger partial charge in [-0.05, 0) is 26.0 Å². The molecule has 0 fully saturated rings. The minimum absolute atomic E-state index is 0.463. The molecule has 1 aromatic rings. The molecule has 1 aromatic carbocycles. The number of benzene rings is 1. The third-order valence-corrected chi connectivity index (χ3v) is 3.04. The lowest BCUT2D eigenvalue weighted by Crippen LogP contribution is -2.34. The molecular weight excluding hydrogens is 198 g/mol. The van der Waals surface area contributed by atoms with Crippen molar-refractivity contribution in [1.82, 2.24) is 0 Å². The molecule has 3 nitrogen and oxygen atoms in total. The highest BCUT2D eigenvalue weighted by Gasteiger charge is 2.26. The SMILES string of the molecule is CC(C)N1C=C2C=NCN2c2ccccc21. The Morgan fingerprint density at radius 1 is 1.19 bits per heavy atom. The van der Waals surface area contributed by atoms with Gasteiger partial charge in [-0.3, -0.25) is 4.99 Å². The predicted molar refractivity (Wildman–Crippen MR) is 68.0 cm³/mol. The Balaban J connectivity index is 2.15. The van der Waals surface area contributed by atoms with E-state index in [-0.39, 0.29) is 0 Å². The van der Waals surface area contributed by atoms with E-state index in [0.29, 0.717) is 6.04 Å². The lowest BCUT2D eigenvalue weighted by molar-refractivity contribution is 0.768. The minimum Gasteiger partial charge on any atom is -0.342 e. The zero-order valence-corrected chi connectivity index (χ0v) is 9.59. The quantitative estimate of drug-likeness (QED) is 0.714. The summed E-state index contributed by atoms with van der Waals surface area (Å²) in [5.41, 5.74) is 3.71. The van der Waals surface area contributed by atoms with E-state index < -0.39 is 0 Å². The van der Waals surface area contributed by atoms with Gasteiger partial charge >= 0.3 is 0 Å². The van der Waals surface area contributed by atoms with Crippen molar-refractivity contribution in [2.75, 3.05) is 16.5 Å². The van der Waals surface area contributed by atoms with E-state index in [9.17, 15) is 0 Å². The van der Waals surface area contributed by atoms with Gasteiger partial charge in [0.1, 0.15) is 6.67 Å². The van der Waals surface area contributed by atoms with E-state index in [0.717, 1.165) is 6.67 Å². The summed E-state index contributed by atoms with van der Waals surface area (Å²) in [5, 5.41) is 0. The zero-order valence-electron chi connectivity index (χ0n) is 9.59. The molecule has 16 heavy (non-hydrogen) atoms. The van der Waals surface area contributed by atoms with E-state index >= 15 is 0 Å². The molecule has 3 heteroatoms. The third kappa shape index (κ3) is 1.24. The molecule has 2 aliphatic heterocycles. The number of fused-ring (bicyclic) bond motifs is 3. The second-order valence-corrected chi connectivity index (χ2v) is 4.42. The van der Waals surface area contributed by atoms with Crippen LogP contribution >= 0.6 is 0 Å². The number of hydrogen-bond donors (Lipinski definition) is 0. The molecule has 0 atom stereocenters. The minimum atomic E-state index is 0.463. The van der Waals surface area contributed by atoms with E-state index in [2.05, 4.69) is 59.1 Å². The number of hydrogen-bond acceptors (Lipinski definition) is 3. The van der Waals surface area contributed by atoms with Crippen molar-refractivity contribution in [3.05, 3.63) is 36.2 Å². The average Bonchev–Trinajstić information content (AvgIpc) is 2.75. The van der Waals surface area contributed by atoms with E-state index in [1.165, 1.54) is 17.1 Å². The van der Waals surface area contributed by atoms with Gasteiger partial charge in [0.25, 0.3) is 0 Å². The number of para-hydroxylation sites is 2. The first-order valence-electron chi connectivity index (χ1n) is 5.64. The standard InChI is InChI=1S/C13H15N3/c1-10(2)15-8-11-7-14-9-16(11)13-6-4-3-5-12(13)15/h3-8,10H,9H2,1-2H3. The van der Waals surface area contributed by atoms with Gasteiger partial charge in [0.2, 0.25) is 0 Å². The van der Waals surface area contributed by atoms with Crippen LogP contribution < -0.4 is 9.80 Å². The first kappa shape index (κ1) is 9.46. The monoisotopic (exact) mass is 213 g/mol. The van der Waals surface area contributed by atoms with Crippen molar-refractivity contribution in [1.29, 1.82) is 0 Å². The van der Waals surface area contributed by atoms with Gasteiger partial charge in [0.05, 0.1) is 17.1 Å². The molecule has 3 rings (SSSR count). The van der Waals surface area contributed by atoms with Crippen LogP contribution in [0, 0.1) is 0 Å². The summed E-state index contributed by atoms with van der Waals surface area (Å²) in [4.78, 5) is 8.87. The molecule has 0 N–H and O–H groups in total. The second-order valence-electron chi connectivity index (χ2n) is 4.42. The summed E-state index contributed by atoms with van der Waals surface area (Å²) >= 11 is 0. The number of anilines is 2. The summed E-state index contributed by atoms with van der Waals surface area (Å²) in [6.45, 7) is 5.15. The Morgan fingerprint density at radius 2 is 1.94 bits per heavy atom. The van der Waals surface area contributed by atoms with Crippen molar-refractivity contribution in [2.45, 2.75) is 19.9 Å². The van der Waals surface area contributed by atoms with Gasteiger partial charge < -0.3 is 9.80 Å². The Kier molecular flexibility index (Phi) is 1.99. The highest BCUT2D eigenvalue weighted by molar-refractivity contribution is 5.93. The van der Waals surface area contributed by atoms with Gasteiger partial charge in [-0.1, -0.05) is 12.1 Å². The summed E-state index contributed by atoms with van der Waals surface area (Å²) in [6, 6.07) is 8.96. The predicted octanol–water partition coefficient (Wildman–Crippen LogP) is 2.60. The highest BCUT2D eigenvalue weighted by Crippen LogP contribution is 2.37. The van der Waals surface area contributed by atoms with E-state index in [4.69, 9.17) is 0 Å². The van der Waals surface area contributed by atoms with Gasteiger partial charge in [0.15, 0.2) is 0 Å². The van der Waals surface area contributed by atoms with Crippen molar-refractivity contribution in [3.63, 3.8) is 0 Å². The van der Waals surface area contributed by atoms with Crippen LogP contribution in [-0.4, -0.2) is 18.9 Å². The number of aliphatic imine (C=N–C) groups is 1. The van der Waals surface area contributed by atoms with Gasteiger partial charge in [-0.25, -0.2) is 0 Å². The topological polar surface area (TPSA) is 18.8 Å². The maximum atomic E-state index is 4.33. The fraction of sp³-hybridized carbons (Fsp3) is 0.308. The van der Waals surface area contributed by atoms with Crippen LogP contribution in [0.2, 0.25) is 0 Å². The molecule has 0 spiro atoms. The molecule has 0 radical (unpaired) electrons. The number of rotatable bonds is 1. The lowest BCUT2D eigenvalue weighted by atomic mass is 10.1. The molecule has 0 aliphatic carbocycles. The molecule has 82 valence electrons. The largest absolute Gasteiger partial charge is 0.342 e. The van der Waals surface area contributed by atoms with Crippen molar-refractivity contribution >= 4 is 17.6 Å². The average molecular weight is 213 g/mol. The maximum Gasteiger partial charge on any atom is 0.115 e. The summed E-state index contributed by atoms with van der Waals surface area (Å²) in [6.07, 6.45) is 4.13. The Bertz CT molecular complexity index is 474. The first-order chi connectivity index (χ1) is 7.77. The molecule has 0 saturated heterocycles. The normalized spacial score (nSPS) is 17.6. The summed E-state index contributed by atoms with van der Waals surface area (Å²) < 4.78 is 0. The highest BCUT2D eigenvalue weighted by atomic mass is 15.3. The molecular formula is C13H15N3. The number of allylic oxidation sites excluding steroid dienone is 1. The Hall–Kier alpha value is -1.77. The molecule has 2 heterocycles. The van der Waals surface area contributed by atoms with Crippen LogP contribution in [0.4, 0.5) is 11.4 Å². The fourth-order valence-electron chi connectivity index (χ4n) is 2.24. The molecule has 0 amide bonds. The Labute approximate surface area is 95.7 Å². The van der Waals surface area contributed by atoms with Gasteiger partial charge in [-0.15, -0.1) is 0 Å². The molecule has 0 aromatic heterocycles. The van der Waals surface area contributed by atoms with Gasteiger partial charge in [-0.2, -0.15) is 0 Å². The first-order valence-corrected chi connectivity index (χ1v) is 5.64. The lowest BCUT2D eigenvalue weighted by Gasteiger charge is -2.35.